The molecule has 2 fully saturated rings. The maximum Gasteiger partial charge on any atom is 0.252 e. The van der Waals surface area contributed by atoms with Gasteiger partial charge in [-0.15, -0.1) is 0 Å². The first-order valence-corrected chi connectivity index (χ1v) is 12.3. The van der Waals surface area contributed by atoms with E-state index in [0.29, 0.717) is 18.7 Å². The highest BCUT2D eigenvalue weighted by atomic mass is 127. The zero-order chi connectivity index (χ0) is 22.2. The lowest BCUT2D eigenvalue weighted by atomic mass is 10.2. The number of ether oxygens (including phenoxy) is 1. The second-order valence-corrected chi connectivity index (χ2v) is 10.6. The Labute approximate surface area is 193 Å². The molecule has 0 saturated carbocycles. The average molecular weight is 558 g/mol. The number of anilines is 1. The number of hydrogen-bond donors (Lipinski definition) is 0. The second-order valence-electron chi connectivity index (χ2n) is 7.43. The quantitative estimate of drug-likeness (QED) is 0.403. The summed E-state index contributed by atoms with van der Waals surface area (Å²) in [5.41, 5.74) is 0.397. The molecule has 0 bridgehead atoms. The van der Waals surface area contributed by atoms with E-state index in [4.69, 9.17) is 4.74 Å². The fourth-order valence-corrected chi connectivity index (χ4v) is 5.80. The van der Waals surface area contributed by atoms with E-state index in [2.05, 4.69) is 22.6 Å². The third kappa shape index (κ3) is 4.52. The number of amides is 2. The number of sulfonamides is 1. The van der Waals surface area contributed by atoms with Gasteiger partial charge in [-0.25, -0.2) is 17.7 Å². The minimum atomic E-state index is -4.17. The van der Waals surface area contributed by atoms with Crippen LogP contribution in [0.25, 0.3) is 0 Å². The molecule has 164 valence electrons. The topological polar surface area (TPSA) is 84.0 Å². The van der Waals surface area contributed by atoms with Crippen molar-refractivity contribution in [2.24, 2.45) is 0 Å². The standard InChI is InChI=1S/C21H20FIN2O5S/c22-14-3-9-18(10-4-14)31(28,29)24(13-17-2-1-11-30-17)19-12-20(26)25(21(19)27)16-7-5-15(23)6-8-16/h3-10,17,19H,1-2,11-13H2. The lowest BCUT2D eigenvalue weighted by molar-refractivity contribution is -0.122. The lowest BCUT2D eigenvalue weighted by Gasteiger charge is -2.28. The highest BCUT2D eigenvalue weighted by molar-refractivity contribution is 14.1. The summed E-state index contributed by atoms with van der Waals surface area (Å²) in [6.45, 7) is 0.464. The Balaban J connectivity index is 1.69. The number of rotatable bonds is 6. The Hall–Kier alpha value is -1.89. The summed E-state index contributed by atoms with van der Waals surface area (Å²) < 4.78 is 47.8. The molecule has 0 N–H and O–H groups in total. The first-order valence-electron chi connectivity index (χ1n) is 9.79. The van der Waals surface area contributed by atoms with Crippen molar-refractivity contribution in [3.63, 3.8) is 0 Å². The monoisotopic (exact) mass is 558 g/mol. The highest BCUT2D eigenvalue weighted by Gasteiger charge is 2.47. The molecule has 2 aliphatic heterocycles. The first kappa shape index (κ1) is 22.3. The van der Waals surface area contributed by atoms with E-state index in [1.807, 2.05) is 0 Å². The molecule has 7 nitrogen and oxygen atoms in total. The first-order chi connectivity index (χ1) is 14.8. The Morgan fingerprint density at radius 1 is 1.10 bits per heavy atom. The van der Waals surface area contributed by atoms with Gasteiger partial charge in [0, 0.05) is 16.7 Å². The van der Waals surface area contributed by atoms with E-state index in [1.165, 1.54) is 0 Å². The molecule has 0 radical (unpaired) electrons. The molecule has 2 amide bonds. The van der Waals surface area contributed by atoms with Crippen LogP contribution in [0.5, 0.6) is 0 Å². The summed E-state index contributed by atoms with van der Waals surface area (Å²) in [5.74, 6) is -1.64. The SMILES string of the molecule is O=C1CC(N(CC2CCCO2)S(=O)(=O)c2ccc(F)cc2)C(=O)N1c1ccc(I)cc1. The van der Waals surface area contributed by atoms with Gasteiger partial charge < -0.3 is 4.74 Å². The summed E-state index contributed by atoms with van der Waals surface area (Å²) in [7, 11) is -4.17. The van der Waals surface area contributed by atoms with Crippen molar-refractivity contribution >= 4 is 50.1 Å². The van der Waals surface area contributed by atoms with Crippen LogP contribution in [0.3, 0.4) is 0 Å². The van der Waals surface area contributed by atoms with E-state index in [-0.39, 0.29) is 24.0 Å². The molecule has 10 heteroatoms. The molecule has 2 aliphatic rings. The molecule has 31 heavy (non-hydrogen) atoms. The highest BCUT2D eigenvalue weighted by Crippen LogP contribution is 2.31. The van der Waals surface area contributed by atoms with E-state index < -0.39 is 33.7 Å². The minimum Gasteiger partial charge on any atom is -0.377 e. The Kier molecular flexibility index (Phi) is 6.42. The van der Waals surface area contributed by atoms with E-state index in [9.17, 15) is 22.4 Å². The van der Waals surface area contributed by atoms with Gasteiger partial charge in [-0.3, -0.25) is 9.59 Å². The van der Waals surface area contributed by atoms with Gasteiger partial charge in [-0.2, -0.15) is 4.31 Å². The number of carbonyl (C=O) groups excluding carboxylic acids is 2. The van der Waals surface area contributed by atoms with Crippen molar-refractivity contribution in [1.29, 1.82) is 0 Å². The minimum absolute atomic E-state index is 0.0517. The van der Waals surface area contributed by atoms with Gasteiger partial charge in [-0.05, 0) is 84.0 Å². The van der Waals surface area contributed by atoms with Gasteiger partial charge in [0.1, 0.15) is 11.9 Å². The number of nitrogens with zero attached hydrogens (tertiary/aromatic N) is 2. The van der Waals surface area contributed by atoms with Crippen LogP contribution in [0.2, 0.25) is 0 Å². The fourth-order valence-electron chi connectivity index (χ4n) is 3.83. The largest absolute Gasteiger partial charge is 0.377 e. The van der Waals surface area contributed by atoms with Gasteiger partial charge >= 0.3 is 0 Å². The predicted molar refractivity (Wildman–Crippen MR) is 119 cm³/mol. The molecule has 2 unspecified atom stereocenters. The molecule has 2 aromatic carbocycles. The van der Waals surface area contributed by atoms with Crippen LogP contribution in [-0.4, -0.2) is 49.8 Å². The molecule has 0 spiro atoms. The Bertz CT molecular complexity index is 1090. The van der Waals surface area contributed by atoms with E-state index in [1.54, 1.807) is 24.3 Å². The van der Waals surface area contributed by atoms with Crippen molar-refractivity contribution in [3.8, 4) is 0 Å². The molecular weight excluding hydrogens is 538 g/mol. The maximum absolute atomic E-state index is 13.4. The summed E-state index contributed by atoms with van der Waals surface area (Å²) in [5, 5.41) is 0. The third-order valence-electron chi connectivity index (χ3n) is 5.38. The maximum atomic E-state index is 13.4. The molecule has 4 rings (SSSR count). The number of hydrogen-bond acceptors (Lipinski definition) is 5. The van der Waals surface area contributed by atoms with E-state index in [0.717, 1.165) is 43.5 Å². The van der Waals surface area contributed by atoms with Crippen molar-refractivity contribution in [3.05, 3.63) is 57.9 Å². The number of benzene rings is 2. The van der Waals surface area contributed by atoms with Gasteiger partial charge in [0.25, 0.3) is 5.91 Å². The predicted octanol–water partition coefficient (Wildman–Crippen LogP) is 2.93. The van der Waals surface area contributed by atoms with Crippen molar-refractivity contribution < 1.29 is 27.1 Å². The zero-order valence-corrected chi connectivity index (χ0v) is 19.4. The summed E-state index contributed by atoms with van der Waals surface area (Å²) in [6, 6.07) is 10.1. The van der Waals surface area contributed by atoms with Crippen LogP contribution in [-0.2, 0) is 24.3 Å². The van der Waals surface area contributed by atoms with Crippen LogP contribution >= 0.6 is 22.6 Å². The van der Waals surface area contributed by atoms with Crippen molar-refractivity contribution in [2.45, 2.75) is 36.3 Å². The zero-order valence-electron chi connectivity index (χ0n) is 16.4. The van der Waals surface area contributed by atoms with E-state index >= 15 is 0 Å². The van der Waals surface area contributed by atoms with Gasteiger partial charge in [0.05, 0.1) is 23.1 Å². The average Bonchev–Trinajstić information content (AvgIpc) is 3.35. The smallest absolute Gasteiger partial charge is 0.252 e. The van der Waals surface area contributed by atoms with Crippen molar-refractivity contribution in [2.75, 3.05) is 18.1 Å². The van der Waals surface area contributed by atoms with Crippen LogP contribution in [0.15, 0.2) is 53.4 Å². The third-order valence-corrected chi connectivity index (χ3v) is 7.99. The van der Waals surface area contributed by atoms with Crippen LogP contribution in [0.1, 0.15) is 19.3 Å². The van der Waals surface area contributed by atoms with Gasteiger partial charge in [0.2, 0.25) is 15.9 Å². The Morgan fingerprint density at radius 3 is 2.39 bits per heavy atom. The fraction of sp³-hybridized carbons (Fsp3) is 0.333. The van der Waals surface area contributed by atoms with Crippen LogP contribution in [0, 0.1) is 9.39 Å². The number of imide groups is 1. The normalized spacial score (nSPS) is 22.0. The molecule has 0 aliphatic carbocycles. The van der Waals surface area contributed by atoms with Gasteiger partial charge in [-0.1, -0.05) is 0 Å². The van der Waals surface area contributed by atoms with Crippen LogP contribution < -0.4 is 4.90 Å². The summed E-state index contributed by atoms with van der Waals surface area (Å²) in [4.78, 5) is 26.9. The molecular formula is C21H20FIN2O5S. The number of carbonyl (C=O) groups is 2. The molecule has 2 atom stereocenters. The Morgan fingerprint density at radius 2 is 1.77 bits per heavy atom. The van der Waals surface area contributed by atoms with Gasteiger partial charge in [0.15, 0.2) is 0 Å². The second kappa shape index (κ2) is 8.93. The molecule has 2 aromatic rings. The molecule has 2 saturated heterocycles. The number of halogens is 2. The molecule has 2 heterocycles. The van der Waals surface area contributed by atoms with Crippen molar-refractivity contribution in [1.82, 2.24) is 4.31 Å². The summed E-state index contributed by atoms with van der Waals surface area (Å²) in [6.07, 6.45) is 0.815. The van der Waals surface area contributed by atoms with Crippen LogP contribution in [0.4, 0.5) is 10.1 Å². The summed E-state index contributed by atoms with van der Waals surface area (Å²) >= 11 is 2.12. The lowest BCUT2D eigenvalue weighted by Crippen LogP contribution is -2.48. The molecule has 0 aromatic heterocycles.